The Kier molecular flexibility index (Phi) is 8.08. The lowest BCUT2D eigenvalue weighted by atomic mass is 10.2. The molecule has 1 atom stereocenters. The third kappa shape index (κ3) is 7.45. The van der Waals surface area contributed by atoms with Gasteiger partial charge in [-0.3, -0.25) is 9.59 Å². The predicted molar refractivity (Wildman–Crippen MR) is 111 cm³/mol. The highest BCUT2D eigenvalue weighted by Crippen LogP contribution is 2.23. The van der Waals surface area contributed by atoms with Gasteiger partial charge in [0, 0.05) is 25.8 Å². The van der Waals surface area contributed by atoms with Crippen molar-refractivity contribution in [2.45, 2.75) is 17.4 Å². The topological polar surface area (TPSA) is 119 Å². The molecule has 0 aliphatic carbocycles. The summed E-state index contributed by atoms with van der Waals surface area (Å²) in [6, 6.07) is 13.0. The molecule has 0 saturated carbocycles. The van der Waals surface area contributed by atoms with E-state index in [0.717, 1.165) is 17.0 Å². The number of halogens is 3. The molecule has 3 N–H and O–H groups in total. The molecule has 0 radical (unpaired) electrons. The zero-order valence-corrected chi connectivity index (χ0v) is 17.8. The SMILES string of the molecule is CN(CCNc1ccc(OC(F)(F)F)cc1)C(=O)[C@@H](C(N)=O)S(=O)(=O)Cc1ccccc1. The minimum atomic E-state index is -4.80. The van der Waals surface area contributed by atoms with Crippen molar-refractivity contribution in [1.82, 2.24) is 4.90 Å². The molecule has 0 saturated heterocycles. The highest BCUT2D eigenvalue weighted by molar-refractivity contribution is 7.92. The van der Waals surface area contributed by atoms with E-state index in [9.17, 15) is 31.2 Å². The van der Waals surface area contributed by atoms with Crippen LogP contribution in [0.15, 0.2) is 54.6 Å². The smallest absolute Gasteiger partial charge is 0.406 e. The van der Waals surface area contributed by atoms with Gasteiger partial charge in [0.25, 0.3) is 0 Å². The Morgan fingerprint density at radius 1 is 1.09 bits per heavy atom. The minimum Gasteiger partial charge on any atom is -0.406 e. The number of likely N-dealkylation sites (N-methyl/N-ethyl adjacent to an activating group) is 1. The maximum Gasteiger partial charge on any atom is 0.573 e. The van der Waals surface area contributed by atoms with Crippen molar-refractivity contribution in [2.75, 3.05) is 25.5 Å². The van der Waals surface area contributed by atoms with E-state index in [4.69, 9.17) is 5.73 Å². The van der Waals surface area contributed by atoms with Gasteiger partial charge < -0.3 is 20.7 Å². The minimum absolute atomic E-state index is 0.00424. The quantitative estimate of drug-likeness (QED) is 0.509. The van der Waals surface area contributed by atoms with Crippen LogP contribution < -0.4 is 15.8 Å². The van der Waals surface area contributed by atoms with Crippen LogP contribution in [0.1, 0.15) is 5.56 Å². The summed E-state index contributed by atoms with van der Waals surface area (Å²) in [7, 11) is -2.89. The van der Waals surface area contributed by atoms with Gasteiger partial charge in [-0.15, -0.1) is 13.2 Å². The Balaban J connectivity index is 1.96. The molecule has 2 amide bonds. The number of carbonyl (C=O) groups is 2. The van der Waals surface area contributed by atoms with Crippen molar-refractivity contribution >= 4 is 27.3 Å². The van der Waals surface area contributed by atoms with Crippen molar-refractivity contribution in [3.05, 3.63) is 60.2 Å². The molecule has 2 rings (SSSR count). The molecular weight excluding hydrogens is 451 g/mol. The summed E-state index contributed by atoms with van der Waals surface area (Å²) >= 11 is 0. The Morgan fingerprint density at radius 3 is 2.22 bits per heavy atom. The monoisotopic (exact) mass is 473 g/mol. The maximum atomic E-state index is 12.7. The summed E-state index contributed by atoms with van der Waals surface area (Å²) in [5.74, 6) is -3.15. The van der Waals surface area contributed by atoms with E-state index in [1.807, 2.05) is 0 Å². The number of benzene rings is 2. The number of sulfone groups is 1. The number of anilines is 1. The highest BCUT2D eigenvalue weighted by atomic mass is 32.2. The molecule has 0 spiro atoms. The maximum absolute atomic E-state index is 12.7. The summed E-state index contributed by atoms with van der Waals surface area (Å²) in [6.45, 7) is 0.135. The number of rotatable bonds is 10. The molecule has 0 heterocycles. The molecule has 2 aromatic rings. The first-order valence-electron chi connectivity index (χ1n) is 9.28. The van der Waals surface area contributed by atoms with E-state index in [2.05, 4.69) is 10.1 Å². The lowest BCUT2D eigenvalue weighted by Gasteiger charge is -2.22. The standard InChI is InChI=1S/C20H22F3N3O5S/c1-26(12-11-25-15-7-9-16(10-8-15)31-20(21,22)23)19(28)17(18(24)27)32(29,30)13-14-5-3-2-4-6-14/h2-10,17,25H,11-13H2,1H3,(H2,24,27)/t17-/m1/s1. The fourth-order valence-corrected chi connectivity index (χ4v) is 4.46. The Hall–Kier alpha value is -3.28. The van der Waals surface area contributed by atoms with Crippen LogP contribution in [0.5, 0.6) is 5.75 Å². The Labute approximate surface area is 183 Å². The van der Waals surface area contributed by atoms with E-state index >= 15 is 0 Å². The third-order valence-corrected chi connectivity index (χ3v) is 6.18. The first-order chi connectivity index (χ1) is 14.9. The van der Waals surface area contributed by atoms with E-state index < -0.39 is 39.0 Å². The van der Waals surface area contributed by atoms with Gasteiger partial charge in [-0.1, -0.05) is 30.3 Å². The van der Waals surface area contributed by atoms with Gasteiger partial charge in [-0.2, -0.15) is 0 Å². The van der Waals surface area contributed by atoms with Gasteiger partial charge in [0.1, 0.15) is 5.75 Å². The van der Waals surface area contributed by atoms with Crippen LogP contribution in [0.25, 0.3) is 0 Å². The Morgan fingerprint density at radius 2 is 1.69 bits per heavy atom. The lowest BCUT2D eigenvalue weighted by Crippen LogP contribution is -2.50. The summed E-state index contributed by atoms with van der Waals surface area (Å²) < 4.78 is 65.6. The number of amides is 2. The fraction of sp³-hybridized carbons (Fsp3) is 0.300. The van der Waals surface area contributed by atoms with Gasteiger partial charge in [0.15, 0.2) is 9.84 Å². The summed E-state index contributed by atoms with van der Waals surface area (Å²) in [5, 5.41) is 0.835. The number of nitrogens with two attached hydrogens (primary N) is 1. The van der Waals surface area contributed by atoms with Crippen LogP contribution in [0, 0.1) is 0 Å². The number of nitrogens with one attached hydrogen (secondary N) is 1. The van der Waals surface area contributed by atoms with Gasteiger partial charge in [0.05, 0.1) is 5.75 Å². The molecule has 0 aliphatic rings. The number of hydrogen-bond acceptors (Lipinski definition) is 6. The number of nitrogens with zero attached hydrogens (tertiary/aromatic N) is 1. The van der Waals surface area contributed by atoms with Crippen molar-refractivity contribution in [2.24, 2.45) is 5.73 Å². The highest BCUT2D eigenvalue weighted by Gasteiger charge is 2.39. The molecular formula is C20H22F3N3O5S. The summed E-state index contributed by atoms with van der Waals surface area (Å²) in [4.78, 5) is 25.5. The predicted octanol–water partition coefficient (Wildman–Crippen LogP) is 1.92. The van der Waals surface area contributed by atoms with Gasteiger partial charge in [-0.25, -0.2) is 8.42 Å². The molecule has 174 valence electrons. The van der Waals surface area contributed by atoms with Crippen molar-refractivity contribution < 1.29 is 35.9 Å². The largest absolute Gasteiger partial charge is 0.573 e. The average Bonchev–Trinajstić information content (AvgIpc) is 2.68. The van der Waals surface area contributed by atoms with Crippen LogP contribution >= 0.6 is 0 Å². The van der Waals surface area contributed by atoms with Gasteiger partial charge in [0.2, 0.25) is 17.1 Å². The van der Waals surface area contributed by atoms with E-state index in [1.54, 1.807) is 30.3 Å². The number of hydrogen-bond donors (Lipinski definition) is 2. The molecule has 2 aromatic carbocycles. The molecule has 12 heteroatoms. The number of primary amides is 1. The molecule has 0 aliphatic heterocycles. The van der Waals surface area contributed by atoms with Gasteiger partial charge in [-0.05, 0) is 29.8 Å². The Bertz CT molecular complexity index is 1030. The third-order valence-electron chi connectivity index (χ3n) is 4.29. The molecule has 0 bridgehead atoms. The second kappa shape index (κ2) is 10.4. The van der Waals surface area contributed by atoms with Crippen LogP contribution in [-0.4, -0.2) is 56.9 Å². The van der Waals surface area contributed by atoms with Crippen LogP contribution in [0.4, 0.5) is 18.9 Å². The molecule has 32 heavy (non-hydrogen) atoms. The zero-order chi connectivity index (χ0) is 23.9. The molecule has 0 unspecified atom stereocenters. The first-order valence-corrected chi connectivity index (χ1v) is 11.0. The molecule has 8 nitrogen and oxygen atoms in total. The van der Waals surface area contributed by atoms with Crippen LogP contribution in [0.2, 0.25) is 0 Å². The normalized spacial score (nSPS) is 12.6. The lowest BCUT2D eigenvalue weighted by molar-refractivity contribution is -0.274. The second-order valence-corrected chi connectivity index (χ2v) is 8.92. The van der Waals surface area contributed by atoms with Crippen molar-refractivity contribution in [1.29, 1.82) is 0 Å². The van der Waals surface area contributed by atoms with E-state index in [-0.39, 0.29) is 18.8 Å². The van der Waals surface area contributed by atoms with Crippen molar-refractivity contribution in [3.8, 4) is 5.75 Å². The van der Waals surface area contributed by atoms with Gasteiger partial charge >= 0.3 is 6.36 Å². The number of ether oxygens (including phenoxy) is 1. The van der Waals surface area contributed by atoms with E-state index in [1.165, 1.54) is 19.2 Å². The summed E-state index contributed by atoms with van der Waals surface area (Å²) in [6.07, 6.45) is -4.80. The number of alkyl halides is 3. The fourth-order valence-electron chi connectivity index (χ4n) is 2.79. The molecule has 0 aromatic heterocycles. The molecule has 0 fully saturated rings. The van der Waals surface area contributed by atoms with E-state index in [0.29, 0.717) is 11.3 Å². The first kappa shape index (κ1) is 25.0. The zero-order valence-electron chi connectivity index (χ0n) is 17.0. The van der Waals surface area contributed by atoms with Crippen LogP contribution in [0.3, 0.4) is 0 Å². The second-order valence-electron chi connectivity index (χ2n) is 6.83. The summed E-state index contributed by atoms with van der Waals surface area (Å²) in [5.41, 5.74) is 6.08. The van der Waals surface area contributed by atoms with Crippen LogP contribution in [-0.2, 0) is 25.2 Å². The number of carbonyl (C=O) groups excluding carboxylic acids is 2. The average molecular weight is 473 g/mol. The van der Waals surface area contributed by atoms with Crippen molar-refractivity contribution in [3.63, 3.8) is 0 Å².